The van der Waals surface area contributed by atoms with E-state index in [4.69, 9.17) is 10.7 Å². The maximum Gasteiger partial charge on any atom is 0.296 e. The number of nitrogens with zero attached hydrogens (tertiary/aromatic N) is 5. The number of halogens is 1. The van der Waals surface area contributed by atoms with Gasteiger partial charge < -0.3 is 0 Å². The smallest absolute Gasteiger partial charge is 0.293 e. The van der Waals surface area contributed by atoms with Crippen molar-refractivity contribution in [1.82, 2.24) is 24.5 Å². The van der Waals surface area contributed by atoms with E-state index in [0.717, 1.165) is 5.69 Å². The molecule has 0 aromatic carbocycles. The molecule has 0 radical (unpaired) electrons. The average Bonchev–Trinajstić information content (AvgIpc) is 2.80. The highest BCUT2D eigenvalue weighted by Crippen LogP contribution is 2.26. The Balaban J connectivity index is 2.73. The molecule has 9 heteroatoms. The summed E-state index contributed by atoms with van der Waals surface area (Å²) < 4.78 is 26.1. The van der Waals surface area contributed by atoms with Crippen molar-refractivity contribution in [3.05, 3.63) is 11.8 Å². The molecule has 2 rings (SSSR count). The largest absolute Gasteiger partial charge is 0.296 e. The van der Waals surface area contributed by atoms with E-state index in [0.29, 0.717) is 11.5 Å². The van der Waals surface area contributed by atoms with E-state index in [2.05, 4.69) is 15.3 Å². The summed E-state index contributed by atoms with van der Waals surface area (Å²) >= 11 is 0. The van der Waals surface area contributed by atoms with Gasteiger partial charge in [0.2, 0.25) is 0 Å². The first-order chi connectivity index (χ1) is 8.71. The van der Waals surface area contributed by atoms with Crippen LogP contribution >= 0.6 is 10.7 Å². The van der Waals surface area contributed by atoms with Gasteiger partial charge >= 0.3 is 0 Å². The Morgan fingerprint density at radius 2 is 1.95 bits per heavy atom. The lowest BCUT2D eigenvalue weighted by Crippen LogP contribution is -2.11. The van der Waals surface area contributed by atoms with Crippen molar-refractivity contribution < 1.29 is 8.42 Å². The number of aromatic nitrogens is 5. The number of hydrogen-bond acceptors (Lipinski definition) is 5. The van der Waals surface area contributed by atoms with Gasteiger partial charge in [0, 0.05) is 23.8 Å². The lowest BCUT2D eigenvalue weighted by Gasteiger charge is -2.12. The fourth-order valence-corrected chi connectivity index (χ4v) is 2.89. The van der Waals surface area contributed by atoms with Gasteiger partial charge in [0.25, 0.3) is 14.2 Å². The first kappa shape index (κ1) is 14.0. The third-order valence-electron chi connectivity index (χ3n) is 2.63. The van der Waals surface area contributed by atoms with Crippen molar-refractivity contribution in [2.24, 2.45) is 7.05 Å². The summed E-state index contributed by atoms with van der Waals surface area (Å²) in [6.45, 7) is 5.52. The van der Waals surface area contributed by atoms with Crippen molar-refractivity contribution in [3.63, 3.8) is 0 Å². The first-order valence-corrected chi connectivity index (χ1v) is 7.93. The van der Waals surface area contributed by atoms with Gasteiger partial charge in [0.15, 0.2) is 5.82 Å². The second kappa shape index (κ2) is 4.61. The Morgan fingerprint density at radius 3 is 2.37 bits per heavy atom. The van der Waals surface area contributed by atoms with Crippen LogP contribution in [0.4, 0.5) is 0 Å². The molecule has 2 heterocycles. The van der Waals surface area contributed by atoms with Crippen LogP contribution in [0.5, 0.6) is 0 Å². The van der Waals surface area contributed by atoms with E-state index in [1.165, 1.54) is 4.57 Å². The van der Waals surface area contributed by atoms with E-state index in [1.54, 1.807) is 11.7 Å². The Labute approximate surface area is 115 Å². The van der Waals surface area contributed by atoms with Crippen molar-refractivity contribution in [2.75, 3.05) is 0 Å². The molecule has 0 N–H and O–H groups in total. The summed E-state index contributed by atoms with van der Waals surface area (Å²) in [4.78, 5) is 0. The molecule has 104 valence electrons. The molecular weight excluding hydrogens is 290 g/mol. The SMILES string of the molecule is Cc1cc(-c2nnc(S(=O)(=O)Cl)n2C(C)C)n(C)n1. The Hall–Kier alpha value is -1.41. The average molecular weight is 304 g/mol. The summed E-state index contributed by atoms with van der Waals surface area (Å²) in [6.07, 6.45) is 0. The van der Waals surface area contributed by atoms with Crippen molar-refractivity contribution >= 4 is 19.7 Å². The van der Waals surface area contributed by atoms with Crippen LogP contribution in [0.2, 0.25) is 0 Å². The molecule has 0 fully saturated rings. The van der Waals surface area contributed by atoms with Gasteiger partial charge in [-0.25, -0.2) is 8.42 Å². The molecule has 0 unspecified atom stereocenters. The van der Waals surface area contributed by atoms with E-state index in [-0.39, 0.29) is 11.2 Å². The second-order valence-corrected chi connectivity index (χ2v) is 6.96. The Bertz CT molecular complexity index is 716. The minimum absolute atomic E-state index is 0.149. The topological polar surface area (TPSA) is 82.7 Å². The van der Waals surface area contributed by atoms with E-state index in [1.807, 2.05) is 26.8 Å². The number of hydrogen-bond donors (Lipinski definition) is 0. The summed E-state index contributed by atoms with van der Waals surface area (Å²) in [5.41, 5.74) is 1.50. The van der Waals surface area contributed by atoms with Gasteiger partial charge in [-0.15, -0.1) is 10.2 Å². The van der Waals surface area contributed by atoms with Gasteiger partial charge in [0.1, 0.15) is 5.69 Å². The number of aryl methyl sites for hydroxylation is 2. The summed E-state index contributed by atoms with van der Waals surface area (Å²) in [5, 5.41) is 11.6. The Kier molecular flexibility index (Phi) is 3.40. The minimum Gasteiger partial charge on any atom is -0.293 e. The zero-order valence-corrected chi connectivity index (χ0v) is 12.6. The van der Waals surface area contributed by atoms with Gasteiger partial charge in [-0.1, -0.05) is 0 Å². The third kappa shape index (κ3) is 2.50. The van der Waals surface area contributed by atoms with E-state index < -0.39 is 9.05 Å². The van der Waals surface area contributed by atoms with Crippen LogP contribution in [0.25, 0.3) is 11.5 Å². The lowest BCUT2D eigenvalue weighted by molar-refractivity contribution is 0.528. The first-order valence-electron chi connectivity index (χ1n) is 5.62. The molecule has 19 heavy (non-hydrogen) atoms. The lowest BCUT2D eigenvalue weighted by atomic mass is 10.3. The zero-order chi connectivity index (χ0) is 14.4. The standard InChI is InChI=1S/C10H14ClN5O2S/c1-6(2)16-9(8-5-7(3)14-15(8)4)12-13-10(16)19(11,17)18/h5-6H,1-4H3. The molecule has 0 aliphatic heterocycles. The van der Waals surface area contributed by atoms with Crippen LogP contribution in [0.15, 0.2) is 11.2 Å². The van der Waals surface area contributed by atoms with Gasteiger partial charge in [-0.2, -0.15) is 5.10 Å². The summed E-state index contributed by atoms with van der Waals surface area (Å²) in [6, 6.07) is 1.66. The van der Waals surface area contributed by atoms with Crippen LogP contribution < -0.4 is 0 Å². The van der Waals surface area contributed by atoms with Crippen LogP contribution in [0, 0.1) is 6.92 Å². The molecular formula is C10H14ClN5O2S. The summed E-state index contributed by atoms with van der Waals surface area (Å²) in [7, 11) is 3.20. The normalized spacial score (nSPS) is 12.3. The highest BCUT2D eigenvalue weighted by molar-refractivity contribution is 8.13. The zero-order valence-electron chi connectivity index (χ0n) is 11.0. The van der Waals surface area contributed by atoms with Crippen molar-refractivity contribution in [1.29, 1.82) is 0 Å². The Morgan fingerprint density at radius 1 is 1.32 bits per heavy atom. The van der Waals surface area contributed by atoms with Crippen LogP contribution in [0.3, 0.4) is 0 Å². The molecule has 2 aromatic heterocycles. The van der Waals surface area contributed by atoms with Crippen molar-refractivity contribution in [2.45, 2.75) is 32.0 Å². The van der Waals surface area contributed by atoms with Gasteiger partial charge in [-0.05, 0) is 26.8 Å². The van der Waals surface area contributed by atoms with Gasteiger partial charge in [-0.3, -0.25) is 9.25 Å². The molecule has 0 spiro atoms. The predicted molar refractivity (Wildman–Crippen MR) is 70.4 cm³/mol. The van der Waals surface area contributed by atoms with Crippen LogP contribution in [-0.2, 0) is 16.1 Å². The third-order valence-corrected chi connectivity index (χ3v) is 3.76. The van der Waals surface area contributed by atoms with E-state index in [9.17, 15) is 8.42 Å². The van der Waals surface area contributed by atoms with Crippen LogP contribution in [0.1, 0.15) is 25.6 Å². The highest BCUT2D eigenvalue weighted by Gasteiger charge is 2.26. The predicted octanol–water partition coefficient (Wildman–Crippen LogP) is 1.50. The maximum atomic E-state index is 11.5. The monoisotopic (exact) mass is 303 g/mol. The fraction of sp³-hybridized carbons (Fsp3) is 0.500. The molecule has 2 aromatic rings. The molecule has 7 nitrogen and oxygen atoms in total. The fourth-order valence-electron chi connectivity index (χ4n) is 1.90. The van der Waals surface area contributed by atoms with Crippen molar-refractivity contribution in [3.8, 4) is 11.5 Å². The molecule has 0 saturated heterocycles. The second-order valence-electron chi connectivity index (χ2n) is 4.50. The minimum atomic E-state index is -3.94. The van der Waals surface area contributed by atoms with Gasteiger partial charge in [0.05, 0.1) is 5.69 Å². The molecule has 0 bridgehead atoms. The molecule has 0 aliphatic rings. The quantitative estimate of drug-likeness (QED) is 0.802. The maximum absolute atomic E-state index is 11.5. The molecule has 0 atom stereocenters. The molecule has 0 saturated carbocycles. The summed E-state index contributed by atoms with van der Waals surface area (Å²) in [5.74, 6) is 0.428. The highest BCUT2D eigenvalue weighted by atomic mass is 35.7. The van der Waals surface area contributed by atoms with E-state index >= 15 is 0 Å². The molecule has 0 aliphatic carbocycles. The molecule has 0 amide bonds. The number of rotatable bonds is 3. The van der Waals surface area contributed by atoms with Crippen LogP contribution in [-0.4, -0.2) is 33.0 Å².